The molecule has 0 saturated carbocycles. The Kier molecular flexibility index (Phi) is 6.51. The van der Waals surface area contributed by atoms with Crippen molar-refractivity contribution in [3.8, 4) is 0 Å². The smallest absolute Gasteiger partial charge is 0.243 e. The highest BCUT2D eigenvalue weighted by atomic mass is 35.5. The van der Waals surface area contributed by atoms with Crippen LogP contribution in [0.2, 0.25) is 5.02 Å². The zero-order valence-electron chi connectivity index (χ0n) is 9.93. The SMILES string of the molecule is COCCOCCNS(=O)(=O)c1cnccc1Cl. The Morgan fingerprint density at radius 3 is 2.83 bits per heavy atom. The number of nitrogens with one attached hydrogen (secondary N) is 1. The van der Waals surface area contributed by atoms with E-state index in [4.69, 9.17) is 21.1 Å². The molecule has 0 fully saturated rings. The number of methoxy groups -OCH3 is 1. The van der Waals surface area contributed by atoms with Gasteiger partial charge in [-0.25, -0.2) is 13.1 Å². The van der Waals surface area contributed by atoms with Gasteiger partial charge in [0.15, 0.2) is 0 Å². The first kappa shape index (κ1) is 15.3. The molecule has 0 unspecified atom stereocenters. The summed E-state index contributed by atoms with van der Waals surface area (Å²) in [5.41, 5.74) is 0. The van der Waals surface area contributed by atoms with Crippen LogP contribution in [0.1, 0.15) is 0 Å². The van der Waals surface area contributed by atoms with Gasteiger partial charge in [-0.1, -0.05) is 11.6 Å². The zero-order chi connectivity index (χ0) is 13.4. The van der Waals surface area contributed by atoms with Crippen LogP contribution >= 0.6 is 11.6 Å². The average Bonchev–Trinajstić information content (AvgIpc) is 2.34. The van der Waals surface area contributed by atoms with Gasteiger partial charge in [-0.05, 0) is 6.07 Å². The number of hydrogen-bond donors (Lipinski definition) is 1. The third kappa shape index (κ3) is 4.87. The topological polar surface area (TPSA) is 77.5 Å². The normalized spacial score (nSPS) is 11.7. The predicted molar refractivity (Wildman–Crippen MR) is 67.1 cm³/mol. The minimum Gasteiger partial charge on any atom is -0.382 e. The average molecular weight is 295 g/mol. The van der Waals surface area contributed by atoms with Crippen molar-refractivity contribution in [1.29, 1.82) is 0 Å². The third-order valence-corrected chi connectivity index (χ3v) is 3.92. The van der Waals surface area contributed by atoms with Gasteiger partial charge in [-0.3, -0.25) is 4.98 Å². The second-order valence-electron chi connectivity index (χ2n) is 3.31. The van der Waals surface area contributed by atoms with E-state index in [9.17, 15) is 8.42 Å². The highest BCUT2D eigenvalue weighted by molar-refractivity contribution is 7.89. The molecule has 18 heavy (non-hydrogen) atoms. The molecule has 0 aliphatic heterocycles. The number of ether oxygens (including phenoxy) is 2. The van der Waals surface area contributed by atoms with Gasteiger partial charge in [0.1, 0.15) is 4.90 Å². The van der Waals surface area contributed by atoms with Crippen LogP contribution < -0.4 is 4.72 Å². The molecule has 1 heterocycles. The predicted octanol–water partition coefficient (Wildman–Crippen LogP) is 0.676. The molecule has 1 N–H and O–H groups in total. The van der Waals surface area contributed by atoms with Crippen LogP contribution in [0.25, 0.3) is 0 Å². The van der Waals surface area contributed by atoms with Crippen molar-refractivity contribution in [2.75, 3.05) is 33.5 Å². The molecule has 0 saturated heterocycles. The van der Waals surface area contributed by atoms with E-state index in [0.29, 0.717) is 13.2 Å². The molecule has 1 rings (SSSR count). The maximum atomic E-state index is 11.8. The number of nitrogens with zero attached hydrogens (tertiary/aromatic N) is 1. The van der Waals surface area contributed by atoms with Crippen molar-refractivity contribution < 1.29 is 17.9 Å². The van der Waals surface area contributed by atoms with Crippen LogP contribution in [0.4, 0.5) is 0 Å². The van der Waals surface area contributed by atoms with E-state index in [1.807, 2.05) is 0 Å². The highest BCUT2D eigenvalue weighted by Gasteiger charge is 2.16. The molecule has 0 aliphatic carbocycles. The van der Waals surface area contributed by atoms with Crippen LogP contribution in [-0.4, -0.2) is 46.9 Å². The standard InChI is InChI=1S/C10H15ClN2O4S/c1-16-6-7-17-5-4-13-18(14,15)10-8-12-3-2-9(10)11/h2-3,8,13H,4-7H2,1H3. The van der Waals surface area contributed by atoms with Crippen LogP contribution in [0.15, 0.2) is 23.4 Å². The van der Waals surface area contributed by atoms with E-state index in [2.05, 4.69) is 9.71 Å². The van der Waals surface area contributed by atoms with E-state index < -0.39 is 10.0 Å². The lowest BCUT2D eigenvalue weighted by atomic mass is 10.5. The molecule has 0 atom stereocenters. The van der Waals surface area contributed by atoms with Crippen molar-refractivity contribution in [2.24, 2.45) is 0 Å². The molecule has 0 aliphatic rings. The van der Waals surface area contributed by atoms with Gasteiger partial charge in [-0.15, -0.1) is 0 Å². The number of halogens is 1. The monoisotopic (exact) mass is 294 g/mol. The van der Waals surface area contributed by atoms with Crippen molar-refractivity contribution in [1.82, 2.24) is 9.71 Å². The van der Waals surface area contributed by atoms with Crippen molar-refractivity contribution in [2.45, 2.75) is 4.90 Å². The van der Waals surface area contributed by atoms with Crippen LogP contribution in [0.3, 0.4) is 0 Å². The van der Waals surface area contributed by atoms with Gasteiger partial charge < -0.3 is 9.47 Å². The third-order valence-electron chi connectivity index (χ3n) is 1.99. The summed E-state index contributed by atoms with van der Waals surface area (Å²) < 4.78 is 35.9. The van der Waals surface area contributed by atoms with E-state index in [1.165, 1.54) is 18.5 Å². The summed E-state index contributed by atoms with van der Waals surface area (Å²) in [5, 5.41) is 0.137. The quantitative estimate of drug-likeness (QED) is 0.713. The Hall–Kier alpha value is -0.730. The fourth-order valence-electron chi connectivity index (χ4n) is 1.13. The molecule has 0 aromatic carbocycles. The number of pyridine rings is 1. The Bertz CT molecular complexity index is 467. The van der Waals surface area contributed by atoms with E-state index in [-0.39, 0.29) is 23.1 Å². The molecule has 8 heteroatoms. The van der Waals surface area contributed by atoms with Crippen LogP contribution in [0, 0.1) is 0 Å². The van der Waals surface area contributed by atoms with Gasteiger partial charge in [0, 0.05) is 26.0 Å². The number of rotatable bonds is 8. The van der Waals surface area contributed by atoms with E-state index >= 15 is 0 Å². The summed E-state index contributed by atoms with van der Waals surface area (Å²) in [6, 6.07) is 1.42. The molecule has 0 radical (unpaired) electrons. The summed E-state index contributed by atoms with van der Waals surface area (Å²) in [5.74, 6) is 0. The lowest BCUT2D eigenvalue weighted by Crippen LogP contribution is -2.28. The summed E-state index contributed by atoms with van der Waals surface area (Å²) >= 11 is 5.78. The first-order valence-electron chi connectivity index (χ1n) is 5.24. The Morgan fingerprint density at radius 2 is 2.17 bits per heavy atom. The summed E-state index contributed by atoms with van der Waals surface area (Å²) in [6.07, 6.45) is 2.63. The van der Waals surface area contributed by atoms with Crippen LogP contribution in [0.5, 0.6) is 0 Å². The minimum atomic E-state index is -3.64. The number of aromatic nitrogens is 1. The molecule has 0 bridgehead atoms. The van der Waals surface area contributed by atoms with Gasteiger partial charge in [0.05, 0.1) is 24.8 Å². The molecule has 1 aromatic heterocycles. The maximum absolute atomic E-state index is 11.8. The zero-order valence-corrected chi connectivity index (χ0v) is 11.5. The Labute approximate surface area is 111 Å². The van der Waals surface area contributed by atoms with E-state index in [0.717, 1.165) is 0 Å². The molecule has 102 valence electrons. The first-order valence-corrected chi connectivity index (χ1v) is 7.10. The van der Waals surface area contributed by atoms with Crippen molar-refractivity contribution >= 4 is 21.6 Å². The molecule has 0 spiro atoms. The maximum Gasteiger partial charge on any atom is 0.243 e. The molecular weight excluding hydrogens is 280 g/mol. The van der Waals surface area contributed by atoms with E-state index in [1.54, 1.807) is 7.11 Å². The number of hydrogen-bond acceptors (Lipinski definition) is 5. The lowest BCUT2D eigenvalue weighted by molar-refractivity contribution is 0.0736. The van der Waals surface area contributed by atoms with Crippen molar-refractivity contribution in [3.05, 3.63) is 23.5 Å². The molecule has 6 nitrogen and oxygen atoms in total. The van der Waals surface area contributed by atoms with Crippen molar-refractivity contribution in [3.63, 3.8) is 0 Å². The minimum absolute atomic E-state index is 0.0384. The molecule has 1 aromatic rings. The lowest BCUT2D eigenvalue weighted by Gasteiger charge is -2.08. The number of sulfonamides is 1. The molecule has 0 amide bonds. The Morgan fingerprint density at radius 1 is 1.39 bits per heavy atom. The summed E-state index contributed by atoms with van der Waals surface area (Å²) in [7, 11) is -2.07. The molecular formula is C10H15ClN2O4S. The summed E-state index contributed by atoms with van der Waals surface area (Å²) in [4.78, 5) is 3.69. The fraction of sp³-hybridized carbons (Fsp3) is 0.500. The largest absolute Gasteiger partial charge is 0.382 e. The van der Waals surface area contributed by atoms with Crippen LogP contribution in [-0.2, 0) is 19.5 Å². The fourth-order valence-corrected chi connectivity index (χ4v) is 2.57. The first-order chi connectivity index (χ1) is 8.58. The van der Waals surface area contributed by atoms with Gasteiger partial charge in [0.25, 0.3) is 0 Å². The Balaban J connectivity index is 2.44. The summed E-state index contributed by atoms with van der Waals surface area (Å²) in [6.45, 7) is 1.32. The van der Waals surface area contributed by atoms with Gasteiger partial charge >= 0.3 is 0 Å². The highest BCUT2D eigenvalue weighted by Crippen LogP contribution is 2.18. The second kappa shape index (κ2) is 7.65. The van der Waals surface area contributed by atoms with Gasteiger partial charge in [-0.2, -0.15) is 0 Å². The van der Waals surface area contributed by atoms with Gasteiger partial charge in [0.2, 0.25) is 10.0 Å². The second-order valence-corrected chi connectivity index (χ2v) is 5.45.